The van der Waals surface area contributed by atoms with Crippen molar-refractivity contribution in [2.24, 2.45) is 0 Å². The molecule has 1 aromatic heterocycles. The summed E-state index contributed by atoms with van der Waals surface area (Å²) in [7, 11) is 1.45. The molecule has 0 radical (unpaired) electrons. The first kappa shape index (κ1) is 16.9. The summed E-state index contributed by atoms with van der Waals surface area (Å²) >= 11 is 0. The number of amides is 3. The van der Waals surface area contributed by atoms with Gasteiger partial charge in [0.25, 0.3) is 0 Å². The lowest BCUT2D eigenvalue weighted by atomic mass is 10.0. The zero-order valence-electron chi connectivity index (χ0n) is 14.9. The average Bonchev–Trinajstić information content (AvgIpc) is 3.07. The summed E-state index contributed by atoms with van der Waals surface area (Å²) in [5.41, 5.74) is 3.33. The number of carbonyl (C=O) groups is 2. The summed E-state index contributed by atoms with van der Waals surface area (Å²) in [5.74, 6) is 0.333. The number of hydrogen-bond donors (Lipinski definition) is 3. The minimum atomic E-state index is -1.09. The Morgan fingerprint density at radius 2 is 2.04 bits per heavy atom. The second-order valence-electron chi connectivity index (χ2n) is 6.59. The largest absolute Gasteiger partial charge is 0.465 e. The summed E-state index contributed by atoms with van der Waals surface area (Å²) in [6.07, 6.45) is -1.09. The van der Waals surface area contributed by atoms with Crippen LogP contribution >= 0.6 is 0 Å². The van der Waals surface area contributed by atoms with Crippen LogP contribution in [0.25, 0.3) is 10.9 Å². The van der Waals surface area contributed by atoms with Gasteiger partial charge >= 0.3 is 12.1 Å². The van der Waals surface area contributed by atoms with Crippen molar-refractivity contribution in [1.29, 1.82) is 0 Å². The third-order valence-electron chi connectivity index (χ3n) is 4.96. The van der Waals surface area contributed by atoms with Crippen LogP contribution in [-0.4, -0.2) is 39.4 Å². The lowest BCUT2D eigenvalue weighted by Crippen LogP contribution is -2.40. The number of carbonyl (C=O) groups excluding carboxylic acids is 1. The molecule has 1 aliphatic heterocycles. The molecule has 0 spiro atoms. The number of benzene rings is 2. The van der Waals surface area contributed by atoms with Gasteiger partial charge in [-0.05, 0) is 30.2 Å². The van der Waals surface area contributed by atoms with Crippen LogP contribution in [0.2, 0.25) is 0 Å². The summed E-state index contributed by atoms with van der Waals surface area (Å²) in [6.45, 7) is 2.41. The number of anilines is 2. The zero-order chi connectivity index (χ0) is 19.1. The van der Waals surface area contributed by atoms with Gasteiger partial charge in [0.05, 0.1) is 18.1 Å². The molecule has 138 valence electrons. The number of nitrogens with zero attached hydrogens (tertiary/aromatic N) is 3. The molecule has 0 bridgehead atoms. The molecule has 3 N–H and O–H groups in total. The van der Waals surface area contributed by atoms with Crippen molar-refractivity contribution in [1.82, 2.24) is 15.1 Å². The Bertz CT molecular complexity index is 1030. The molecule has 8 heteroatoms. The van der Waals surface area contributed by atoms with E-state index in [-0.39, 0.29) is 12.1 Å². The minimum absolute atomic E-state index is 0.0967. The molecule has 0 saturated heterocycles. The fraction of sp³-hybridized carbons (Fsp3) is 0.211. The number of carboxylic acid groups (broad SMARTS) is 1. The van der Waals surface area contributed by atoms with Crippen LogP contribution in [0.15, 0.2) is 42.5 Å². The molecule has 0 aliphatic carbocycles. The molecule has 27 heavy (non-hydrogen) atoms. The highest BCUT2D eigenvalue weighted by atomic mass is 16.4. The van der Waals surface area contributed by atoms with E-state index in [2.05, 4.69) is 15.5 Å². The number of aromatic amines is 1. The van der Waals surface area contributed by atoms with Gasteiger partial charge in [-0.3, -0.25) is 10.00 Å². The molecule has 3 aromatic rings. The van der Waals surface area contributed by atoms with E-state index in [1.165, 1.54) is 7.05 Å². The van der Waals surface area contributed by atoms with Crippen molar-refractivity contribution < 1.29 is 14.7 Å². The van der Waals surface area contributed by atoms with E-state index in [9.17, 15) is 14.7 Å². The second kappa shape index (κ2) is 6.31. The Kier molecular flexibility index (Phi) is 3.95. The highest BCUT2D eigenvalue weighted by Gasteiger charge is 2.28. The van der Waals surface area contributed by atoms with Gasteiger partial charge in [0.15, 0.2) is 5.82 Å². The first-order valence-electron chi connectivity index (χ1n) is 8.56. The SMILES string of the molecule is CC(c1ccccc1)N1Cc2cc3c(N(C)C(=O)O)n[nH]c3cc2NC1=O. The van der Waals surface area contributed by atoms with E-state index in [4.69, 9.17) is 0 Å². The van der Waals surface area contributed by atoms with Gasteiger partial charge in [0.2, 0.25) is 0 Å². The number of fused-ring (bicyclic) bond motifs is 2. The third kappa shape index (κ3) is 2.84. The van der Waals surface area contributed by atoms with E-state index >= 15 is 0 Å². The molecule has 4 rings (SSSR count). The van der Waals surface area contributed by atoms with E-state index in [1.807, 2.05) is 43.3 Å². The van der Waals surface area contributed by atoms with E-state index in [0.29, 0.717) is 29.0 Å². The van der Waals surface area contributed by atoms with Crippen LogP contribution in [0, 0.1) is 0 Å². The summed E-state index contributed by atoms with van der Waals surface area (Å²) in [6, 6.07) is 13.2. The quantitative estimate of drug-likeness (QED) is 0.657. The van der Waals surface area contributed by atoms with Crippen LogP contribution in [0.5, 0.6) is 0 Å². The fourth-order valence-electron chi connectivity index (χ4n) is 3.36. The van der Waals surface area contributed by atoms with Crippen LogP contribution < -0.4 is 10.2 Å². The predicted octanol–water partition coefficient (Wildman–Crippen LogP) is 3.79. The van der Waals surface area contributed by atoms with Crippen molar-refractivity contribution in [3.63, 3.8) is 0 Å². The molecule has 3 amide bonds. The summed E-state index contributed by atoms with van der Waals surface area (Å²) < 4.78 is 0. The van der Waals surface area contributed by atoms with E-state index in [0.717, 1.165) is 16.0 Å². The van der Waals surface area contributed by atoms with Gasteiger partial charge < -0.3 is 15.3 Å². The van der Waals surface area contributed by atoms with Crippen LogP contribution in [-0.2, 0) is 6.54 Å². The molecular formula is C19H19N5O3. The third-order valence-corrected chi connectivity index (χ3v) is 4.96. The number of rotatable bonds is 3. The minimum Gasteiger partial charge on any atom is -0.465 e. The monoisotopic (exact) mass is 365 g/mol. The Morgan fingerprint density at radius 1 is 1.30 bits per heavy atom. The Hall–Kier alpha value is -3.55. The van der Waals surface area contributed by atoms with Crippen molar-refractivity contribution in [3.05, 3.63) is 53.6 Å². The Morgan fingerprint density at radius 3 is 2.74 bits per heavy atom. The lowest BCUT2D eigenvalue weighted by Gasteiger charge is -2.34. The molecule has 1 atom stereocenters. The number of H-pyrrole nitrogens is 1. The Labute approximate surface area is 155 Å². The van der Waals surface area contributed by atoms with E-state index < -0.39 is 6.09 Å². The lowest BCUT2D eigenvalue weighted by molar-refractivity contribution is 0.186. The molecule has 0 saturated carbocycles. The zero-order valence-corrected chi connectivity index (χ0v) is 14.9. The van der Waals surface area contributed by atoms with E-state index in [1.54, 1.807) is 11.0 Å². The molecule has 1 aliphatic rings. The van der Waals surface area contributed by atoms with Gasteiger partial charge in [-0.2, -0.15) is 5.10 Å². The first-order chi connectivity index (χ1) is 13.0. The highest BCUT2D eigenvalue weighted by Crippen LogP contribution is 2.34. The van der Waals surface area contributed by atoms with Crippen molar-refractivity contribution in [2.75, 3.05) is 17.3 Å². The number of hydrogen-bond acceptors (Lipinski definition) is 3. The Balaban J connectivity index is 1.72. The van der Waals surface area contributed by atoms with Gasteiger partial charge in [0.1, 0.15) is 0 Å². The smallest absolute Gasteiger partial charge is 0.412 e. The molecular weight excluding hydrogens is 346 g/mol. The summed E-state index contributed by atoms with van der Waals surface area (Å²) in [4.78, 5) is 26.7. The van der Waals surface area contributed by atoms with Crippen LogP contribution in [0.3, 0.4) is 0 Å². The second-order valence-corrected chi connectivity index (χ2v) is 6.59. The fourth-order valence-corrected chi connectivity index (χ4v) is 3.36. The number of aromatic nitrogens is 2. The van der Waals surface area contributed by atoms with Gasteiger partial charge in [-0.15, -0.1) is 0 Å². The number of urea groups is 1. The molecule has 1 unspecified atom stereocenters. The maximum Gasteiger partial charge on any atom is 0.412 e. The van der Waals surface area contributed by atoms with Crippen molar-refractivity contribution in [2.45, 2.75) is 19.5 Å². The first-order valence-corrected chi connectivity index (χ1v) is 8.56. The van der Waals surface area contributed by atoms with Gasteiger partial charge in [-0.1, -0.05) is 30.3 Å². The molecule has 8 nitrogen and oxygen atoms in total. The van der Waals surface area contributed by atoms with Gasteiger partial charge in [0, 0.05) is 18.1 Å². The number of nitrogens with one attached hydrogen (secondary N) is 2. The van der Waals surface area contributed by atoms with Crippen molar-refractivity contribution >= 4 is 34.5 Å². The maximum absolute atomic E-state index is 12.6. The molecule has 2 aromatic carbocycles. The standard InChI is InChI=1S/C19H19N5O3/c1-11(12-6-4-3-5-7-12)24-10-13-8-14-16(9-15(13)20-18(24)25)21-22-17(14)23(2)19(26)27/h3-9,11H,10H2,1-2H3,(H,20,25)(H,21,22)(H,26,27). The maximum atomic E-state index is 12.6. The normalized spacial score (nSPS) is 14.6. The highest BCUT2D eigenvalue weighted by molar-refractivity contribution is 6.02. The predicted molar refractivity (Wildman–Crippen MR) is 102 cm³/mol. The van der Waals surface area contributed by atoms with Crippen LogP contribution in [0.1, 0.15) is 24.1 Å². The van der Waals surface area contributed by atoms with Crippen molar-refractivity contribution in [3.8, 4) is 0 Å². The topological polar surface area (TPSA) is 102 Å². The summed E-state index contributed by atoms with van der Waals surface area (Å²) in [5, 5.41) is 19.8. The molecule has 0 fully saturated rings. The molecule has 2 heterocycles. The van der Waals surface area contributed by atoms with Crippen LogP contribution in [0.4, 0.5) is 21.1 Å². The van der Waals surface area contributed by atoms with Gasteiger partial charge in [-0.25, -0.2) is 9.59 Å². The average molecular weight is 365 g/mol.